The average molecular weight is 443 g/mol. The van der Waals surface area contributed by atoms with Crippen molar-refractivity contribution in [2.24, 2.45) is 5.10 Å². The van der Waals surface area contributed by atoms with Gasteiger partial charge in [0, 0.05) is 39.1 Å². The molecule has 0 unspecified atom stereocenters. The van der Waals surface area contributed by atoms with Crippen LogP contribution in [0, 0.1) is 0 Å². The Morgan fingerprint density at radius 3 is 2.03 bits per heavy atom. The highest BCUT2D eigenvalue weighted by molar-refractivity contribution is 5.82. The van der Waals surface area contributed by atoms with Crippen molar-refractivity contribution in [3.8, 4) is 5.75 Å². The molecule has 0 radical (unpaired) electrons. The van der Waals surface area contributed by atoms with Gasteiger partial charge in [-0.05, 0) is 41.0 Å². The van der Waals surface area contributed by atoms with E-state index in [0.717, 1.165) is 38.3 Å². The molecule has 33 heavy (non-hydrogen) atoms. The second-order valence-corrected chi connectivity index (χ2v) is 8.24. The molecule has 0 saturated carbocycles. The Bertz CT molecular complexity index is 991. The van der Waals surface area contributed by atoms with Crippen LogP contribution in [-0.4, -0.2) is 59.8 Å². The minimum Gasteiger partial charge on any atom is -0.508 e. The molecule has 1 aliphatic heterocycles. The zero-order valence-corrected chi connectivity index (χ0v) is 18.7. The number of amides is 1. The fourth-order valence-corrected chi connectivity index (χ4v) is 4.18. The molecule has 3 aromatic rings. The fraction of sp³-hybridized carbons (Fsp3) is 0.259. The van der Waals surface area contributed by atoms with E-state index in [4.69, 9.17) is 0 Å². The largest absolute Gasteiger partial charge is 0.508 e. The maximum absolute atomic E-state index is 12.2. The number of rotatable bonds is 8. The quantitative estimate of drug-likeness (QED) is 0.413. The summed E-state index contributed by atoms with van der Waals surface area (Å²) in [7, 11) is 0. The summed E-state index contributed by atoms with van der Waals surface area (Å²) in [5, 5.41) is 13.3. The van der Waals surface area contributed by atoms with Crippen LogP contribution in [0.25, 0.3) is 0 Å². The summed E-state index contributed by atoms with van der Waals surface area (Å²) in [6.45, 7) is 4.49. The molecule has 3 aromatic carbocycles. The van der Waals surface area contributed by atoms with E-state index >= 15 is 0 Å². The molecule has 6 nitrogen and oxygen atoms in total. The maximum atomic E-state index is 12.2. The van der Waals surface area contributed by atoms with Crippen molar-refractivity contribution in [2.45, 2.75) is 12.5 Å². The van der Waals surface area contributed by atoms with Gasteiger partial charge in [-0.3, -0.25) is 9.69 Å². The van der Waals surface area contributed by atoms with Gasteiger partial charge in [0.2, 0.25) is 5.91 Å². The summed E-state index contributed by atoms with van der Waals surface area (Å²) in [5.74, 6) is 0.106. The molecular formula is C27H30N4O2. The number of benzene rings is 3. The van der Waals surface area contributed by atoms with Crippen molar-refractivity contribution >= 4 is 12.1 Å². The van der Waals surface area contributed by atoms with Gasteiger partial charge < -0.3 is 10.0 Å². The molecule has 0 aromatic heterocycles. The van der Waals surface area contributed by atoms with Crippen molar-refractivity contribution < 1.29 is 9.90 Å². The molecule has 0 bridgehead atoms. The lowest BCUT2D eigenvalue weighted by atomic mass is 9.96. The van der Waals surface area contributed by atoms with Crippen LogP contribution in [0.4, 0.5) is 0 Å². The Morgan fingerprint density at radius 1 is 0.879 bits per heavy atom. The van der Waals surface area contributed by atoms with Crippen molar-refractivity contribution in [2.75, 3.05) is 32.7 Å². The molecule has 170 valence electrons. The predicted molar refractivity (Wildman–Crippen MR) is 131 cm³/mol. The summed E-state index contributed by atoms with van der Waals surface area (Å²) in [4.78, 5) is 17.0. The van der Waals surface area contributed by atoms with Crippen LogP contribution < -0.4 is 5.43 Å². The van der Waals surface area contributed by atoms with E-state index in [9.17, 15) is 9.90 Å². The van der Waals surface area contributed by atoms with Gasteiger partial charge in [-0.15, -0.1) is 0 Å². The summed E-state index contributed by atoms with van der Waals surface area (Å²) >= 11 is 0. The third-order valence-corrected chi connectivity index (χ3v) is 5.95. The smallest absolute Gasteiger partial charge is 0.241 e. The standard InChI is InChI=1S/C27H30N4O2/c32-25-13-11-22(12-14-25)21-28-29-26(33)15-16-30-17-19-31(20-18-30)27(23-7-3-1-4-8-23)24-9-5-2-6-10-24/h1-14,21,27,32H,15-20H2,(H,29,33)/b28-21-. The van der Waals surface area contributed by atoms with Crippen molar-refractivity contribution in [1.29, 1.82) is 0 Å². The second kappa shape index (κ2) is 11.4. The Hall–Kier alpha value is -3.48. The first-order valence-electron chi connectivity index (χ1n) is 11.4. The molecule has 6 heteroatoms. The summed E-state index contributed by atoms with van der Waals surface area (Å²) < 4.78 is 0. The predicted octanol–water partition coefficient (Wildman–Crippen LogP) is 3.64. The topological polar surface area (TPSA) is 68.2 Å². The van der Waals surface area contributed by atoms with Gasteiger partial charge in [0.25, 0.3) is 0 Å². The number of phenolic OH excluding ortho intramolecular Hbond substituents is 1. The van der Waals surface area contributed by atoms with E-state index < -0.39 is 0 Å². The molecular weight excluding hydrogens is 412 g/mol. The van der Waals surface area contributed by atoms with Gasteiger partial charge in [-0.25, -0.2) is 5.43 Å². The van der Waals surface area contributed by atoms with Crippen LogP contribution >= 0.6 is 0 Å². The summed E-state index contributed by atoms with van der Waals surface area (Å²) in [6.07, 6.45) is 1.98. The lowest BCUT2D eigenvalue weighted by molar-refractivity contribution is -0.121. The average Bonchev–Trinajstić information content (AvgIpc) is 2.86. The monoisotopic (exact) mass is 442 g/mol. The SMILES string of the molecule is O=C(CCN1CCN(C(c2ccccc2)c2ccccc2)CC1)N/N=C\c1ccc(O)cc1. The van der Waals surface area contributed by atoms with Crippen molar-refractivity contribution in [3.63, 3.8) is 0 Å². The number of nitrogens with zero attached hydrogens (tertiary/aromatic N) is 3. The lowest BCUT2D eigenvalue weighted by Gasteiger charge is -2.39. The summed E-state index contributed by atoms with van der Waals surface area (Å²) in [6, 6.07) is 28.2. The van der Waals surface area contributed by atoms with Gasteiger partial charge in [-0.2, -0.15) is 5.10 Å². The van der Waals surface area contributed by atoms with Crippen molar-refractivity contribution in [3.05, 3.63) is 102 Å². The maximum Gasteiger partial charge on any atom is 0.241 e. The van der Waals surface area contributed by atoms with E-state index in [1.165, 1.54) is 11.1 Å². The number of hydrazone groups is 1. The zero-order chi connectivity index (χ0) is 22.9. The van der Waals surface area contributed by atoms with E-state index in [1.54, 1.807) is 30.5 Å². The van der Waals surface area contributed by atoms with Crippen LogP contribution in [-0.2, 0) is 4.79 Å². The third kappa shape index (κ3) is 6.51. The molecule has 1 heterocycles. The molecule has 2 N–H and O–H groups in total. The van der Waals surface area contributed by atoms with Gasteiger partial charge in [0.15, 0.2) is 0 Å². The highest BCUT2D eigenvalue weighted by Crippen LogP contribution is 2.29. The number of carbonyl (C=O) groups is 1. The van der Waals surface area contributed by atoms with Crippen LogP contribution in [0.15, 0.2) is 90.0 Å². The first-order chi connectivity index (χ1) is 16.2. The van der Waals surface area contributed by atoms with E-state index in [-0.39, 0.29) is 17.7 Å². The normalized spacial score (nSPS) is 15.2. The van der Waals surface area contributed by atoms with E-state index in [0.29, 0.717) is 6.42 Å². The highest BCUT2D eigenvalue weighted by atomic mass is 16.3. The number of nitrogens with one attached hydrogen (secondary N) is 1. The first kappa shape index (κ1) is 22.7. The lowest BCUT2D eigenvalue weighted by Crippen LogP contribution is -2.48. The van der Waals surface area contributed by atoms with Gasteiger partial charge >= 0.3 is 0 Å². The van der Waals surface area contributed by atoms with Gasteiger partial charge in [0.05, 0.1) is 12.3 Å². The van der Waals surface area contributed by atoms with Gasteiger partial charge in [-0.1, -0.05) is 60.7 Å². The fourth-order valence-electron chi connectivity index (χ4n) is 4.18. The minimum absolute atomic E-state index is 0.0982. The van der Waals surface area contributed by atoms with Gasteiger partial charge in [0.1, 0.15) is 5.75 Å². The molecule has 1 aliphatic rings. The van der Waals surface area contributed by atoms with E-state index in [2.05, 4.69) is 81.0 Å². The number of hydrogen-bond acceptors (Lipinski definition) is 5. The highest BCUT2D eigenvalue weighted by Gasteiger charge is 2.26. The molecule has 1 fully saturated rings. The number of carbonyl (C=O) groups excluding carboxylic acids is 1. The molecule has 0 atom stereocenters. The van der Waals surface area contributed by atoms with Crippen molar-refractivity contribution in [1.82, 2.24) is 15.2 Å². The molecule has 0 aliphatic carbocycles. The molecule has 1 saturated heterocycles. The molecule has 4 rings (SSSR count). The third-order valence-electron chi connectivity index (χ3n) is 5.95. The number of piperazine rings is 1. The zero-order valence-electron chi connectivity index (χ0n) is 18.7. The van der Waals surface area contributed by atoms with Crippen LogP contribution in [0.3, 0.4) is 0 Å². The number of hydrogen-bond donors (Lipinski definition) is 2. The number of aromatic hydroxyl groups is 1. The molecule has 0 spiro atoms. The Labute approximate surface area is 195 Å². The van der Waals surface area contributed by atoms with Crippen LogP contribution in [0.5, 0.6) is 5.75 Å². The minimum atomic E-state index is -0.0982. The Kier molecular flexibility index (Phi) is 7.85. The molecule has 1 amide bonds. The van der Waals surface area contributed by atoms with Crippen LogP contribution in [0.1, 0.15) is 29.2 Å². The Morgan fingerprint density at radius 2 is 1.45 bits per heavy atom. The Balaban J connectivity index is 1.26. The second-order valence-electron chi connectivity index (χ2n) is 8.24. The first-order valence-corrected chi connectivity index (χ1v) is 11.4. The van der Waals surface area contributed by atoms with Crippen LogP contribution in [0.2, 0.25) is 0 Å². The number of phenols is 1. The summed E-state index contributed by atoms with van der Waals surface area (Å²) in [5.41, 5.74) is 6.02. The van der Waals surface area contributed by atoms with E-state index in [1.807, 2.05) is 0 Å².